The molecule has 1 N–H and O–H groups in total. The van der Waals surface area contributed by atoms with E-state index < -0.39 is 11.6 Å². The molecule has 1 amide bonds. The maximum atomic E-state index is 12.1. The number of carboxylic acid groups (broad SMARTS) is 1. The Morgan fingerprint density at radius 3 is 2.71 bits per heavy atom. The number of piperidine rings is 1. The van der Waals surface area contributed by atoms with Crippen molar-refractivity contribution in [2.24, 2.45) is 0 Å². The summed E-state index contributed by atoms with van der Waals surface area (Å²) >= 11 is 0. The molecule has 0 aromatic carbocycles. The highest BCUT2D eigenvalue weighted by atomic mass is 16.6. The number of ether oxygens (including phenoxy) is 1. The first-order chi connectivity index (χ1) is 9.76. The van der Waals surface area contributed by atoms with Crippen LogP contribution in [-0.4, -0.2) is 50.3 Å². The minimum Gasteiger partial charge on any atom is -0.476 e. The molecule has 1 aromatic heterocycles. The van der Waals surface area contributed by atoms with Gasteiger partial charge in [0.15, 0.2) is 5.69 Å². The van der Waals surface area contributed by atoms with Crippen LogP contribution in [0, 0.1) is 0 Å². The van der Waals surface area contributed by atoms with Crippen LogP contribution >= 0.6 is 0 Å². The molecule has 0 spiro atoms. The van der Waals surface area contributed by atoms with Crippen LogP contribution in [0.2, 0.25) is 0 Å². The minimum atomic E-state index is -1.05. The van der Waals surface area contributed by atoms with E-state index in [9.17, 15) is 9.59 Å². The number of imidazole rings is 1. The fourth-order valence-corrected chi connectivity index (χ4v) is 2.34. The largest absolute Gasteiger partial charge is 0.476 e. The molecule has 21 heavy (non-hydrogen) atoms. The SMILES string of the molecule is CC(C)(C)OC(=O)N1CCCC(n2cnc(C(=O)O)c2)C1. The zero-order chi connectivity index (χ0) is 15.6. The number of carbonyl (C=O) groups is 2. The van der Waals surface area contributed by atoms with Crippen molar-refractivity contribution in [2.45, 2.75) is 45.3 Å². The smallest absolute Gasteiger partial charge is 0.410 e. The summed E-state index contributed by atoms with van der Waals surface area (Å²) in [7, 11) is 0. The van der Waals surface area contributed by atoms with E-state index >= 15 is 0 Å². The lowest BCUT2D eigenvalue weighted by atomic mass is 10.1. The van der Waals surface area contributed by atoms with Gasteiger partial charge in [0.05, 0.1) is 12.4 Å². The maximum absolute atomic E-state index is 12.1. The Hall–Kier alpha value is -2.05. The summed E-state index contributed by atoms with van der Waals surface area (Å²) < 4.78 is 7.14. The van der Waals surface area contributed by atoms with Crippen molar-refractivity contribution in [2.75, 3.05) is 13.1 Å². The van der Waals surface area contributed by atoms with E-state index in [1.54, 1.807) is 9.47 Å². The van der Waals surface area contributed by atoms with Crippen LogP contribution in [0.25, 0.3) is 0 Å². The first-order valence-corrected chi connectivity index (χ1v) is 7.01. The van der Waals surface area contributed by atoms with E-state index in [-0.39, 0.29) is 17.8 Å². The molecule has 2 heterocycles. The van der Waals surface area contributed by atoms with E-state index in [4.69, 9.17) is 9.84 Å². The first-order valence-electron chi connectivity index (χ1n) is 7.01. The molecule has 0 radical (unpaired) electrons. The third kappa shape index (κ3) is 3.96. The number of likely N-dealkylation sites (tertiary alicyclic amines) is 1. The van der Waals surface area contributed by atoms with Gasteiger partial charge >= 0.3 is 12.1 Å². The zero-order valence-corrected chi connectivity index (χ0v) is 12.6. The Labute approximate surface area is 123 Å². The van der Waals surface area contributed by atoms with E-state index in [0.717, 1.165) is 12.8 Å². The molecule has 1 aliphatic heterocycles. The van der Waals surface area contributed by atoms with Crippen LogP contribution < -0.4 is 0 Å². The van der Waals surface area contributed by atoms with Gasteiger partial charge < -0.3 is 19.3 Å². The molecular formula is C14H21N3O4. The lowest BCUT2D eigenvalue weighted by molar-refractivity contribution is 0.0172. The number of carbonyl (C=O) groups excluding carboxylic acids is 1. The number of hydrogen-bond donors (Lipinski definition) is 1. The van der Waals surface area contributed by atoms with Crippen molar-refractivity contribution in [3.63, 3.8) is 0 Å². The van der Waals surface area contributed by atoms with Crippen LogP contribution in [-0.2, 0) is 4.74 Å². The van der Waals surface area contributed by atoms with Crippen LogP contribution in [0.3, 0.4) is 0 Å². The maximum Gasteiger partial charge on any atom is 0.410 e. The number of nitrogens with zero attached hydrogens (tertiary/aromatic N) is 3. The molecule has 1 atom stereocenters. The molecule has 2 rings (SSSR count). The van der Waals surface area contributed by atoms with Gasteiger partial charge in [-0.15, -0.1) is 0 Å². The van der Waals surface area contributed by atoms with Crippen molar-refractivity contribution >= 4 is 12.1 Å². The van der Waals surface area contributed by atoms with Gasteiger partial charge in [-0.3, -0.25) is 0 Å². The highest BCUT2D eigenvalue weighted by Gasteiger charge is 2.28. The molecule has 0 bridgehead atoms. The molecule has 0 aliphatic carbocycles. The summed E-state index contributed by atoms with van der Waals surface area (Å²) in [6, 6.07) is 0.0341. The number of amides is 1. The normalized spacial score (nSPS) is 19.4. The van der Waals surface area contributed by atoms with E-state index in [2.05, 4.69) is 4.98 Å². The molecule has 1 unspecified atom stereocenters. The monoisotopic (exact) mass is 295 g/mol. The lowest BCUT2D eigenvalue weighted by Crippen LogP contribution is -2.43. The van der Waals surface area contributed by atoms with Crippen LogP contribution in [0.1, 0.15) is 50.1 Å². The van der Waals surface area contributed by atoms with Crippen LogP contribution in [0.15, 0.2) is 12.5 Å². The number of carboxylic acids is 1. The molecule has 0 saturated carbocycles. The average Bonchev–Trinajstić information content (AvgIpc) is 2.86. The fraction of sp³-hybridized carbons (Fsp3) is 0.643. The van der Waals surface area contributed by atoms with Gasteiger partial charge in [0, 0.05) is 19.3 Å². The van der Waals surface area contributed by atoms with Gasteiger partial charge in [-0.05, 0) is 33.6 Å². The third-order valence-corrected chi connectivity index (χ3v) is 3.29. The van der Waals surface area contributed by atoms with Gasteiger partial charge in [-0.2, -0.15) is 0 Å². The van der Waals surface area contributed by atoms with Gasteiger partial charge in [0.2, 0.25) is 0 Å². The topological polar surface area (TPSA) is 84.7 Å². The average molecular weight is 295 g/mol. The van der Waals surface area contributed by atoms with E-state index in [1.807, 2.05) is 20.8 Å². The Kier molecular flexibility index (Phi) is 4.20. The van der Waals surface area contributed by atoms with Crippen molar-refractivity contribution in [1.82, 2.24) is 14.5 Å². The zero-order valence-electron chi connectivity index (χ0n) is 12.6. The molecule has 7 heteroatoms. The second-order valence-electron chi connectivity index (χ2n) is 6.23. The Morgan fingerprint density at radius 2 is 2.14 bits per heavy atom. The summed E-state index contributed by atoms with van der Waals surface area (Å²) in [6.07, 6.45) is 4.42. The number of hydrogen-bond acceptors (Lipinski definition) is 4. The molecular weight excluding hydrogens is 274 g/mol. The predicted molar refractivity (Wildman–Crippen MR) is 75.3 cm³/mol. The molecule has 116 valence electrons. The molecule has 1 aliphatic rings. The van der Waals surface area contributed by atoms with Crippen molar-refractivity contribution in [3.8, 4) is 0 Å². The van der Waals surface area contributed by atoms with Crippen molar-refractivity contribution in [1.29, 1.82) is 0 Å². The van der Waals surface area contributed by atoms with Crippen LogP contribution in [0.4, 0.5) is 4.79 Å². The fourth-order valence-electron chi connectivity index (χ4n) is 2.34. The standard InChI is InChI=1S/C14H21N3O4/c1-14(2,3)21-13(20)16-6-4-5-10(7-16)17-8-11(12(18)19)15-9-17/h8-10H,4-7H2,1-3H3,(H,18,19). The minimum absolute atomic E-state index is 0.0180. The Bertz CT molecular complexity index is 533. The quantitative estimate of drug-likeness (QED) is 0.903. The second-order valence-corrected chi connectivity index (χ2v) is 6.23. The summed E-state index contributed by atoms with van der Waals surface area (Å²) in [5.41, 5.74) is -0.500. The first kappa shape index (κ1) is 15.3. The van der Waals surface area contributed by atoms with Gasteiger partial charge in [0.1, 0.15) is 5.60 Å². The Balaban J connectivity index is 2.03. The van der Waals surface area contributed by atoms with Crippen molar-refractivity contribution in [3.05, 3.63) is 18.2 Å². The molecule has 1 saturated heterocycles. The summed E-state index contributed by atoms with van der Waals surface area (Å²) in [5, 5.41) is 8.90. The third-order valence-electron chi connectivity index (χ3n) is 3.29. The van der Waals surface area contributed by atoms with Crippen molar-refractivity contribution < 1.29 is 19.4 Å². The van der Waals surface area contributed by atoms with Gasteiger partial charge in [-0.1, -0.05) is 0 Å². The molecule has 1 fully saturated rings. The van der Waals surface area contributed by atoms with Gasteiger partial charge in [0.25, 0.3) is 0 Å². The van der Waals surface area contributed by atoms with E-state index in [0.29, 0.717) is 13.1 Å². The number of rotatable bonds is 2. The number of aromatic nitrogens is 2. The van der Waals surface area contributed by atoms with E-state index in [1.165, 1.54) is 12.5 Å². The Morgan fingerprint density at radius 1 is 1.43 bits per heavy atom. The van der Waals surface area contributed by atoms with Gasteiger partial charge in [-0.25, -0.2) is 14.6 Å². The number of aromatic carboxylic acids is 1. The summed E-state index contributed by atoms with van der Waals surface area (Å²) in [5.74, 6) is -1.05. The second kappa shape index (κ2) is 5.75. The summed E-state index contributed by atoms with van der Waals surface area (Å²) in [6.45, 7) is 6.67. The molecule has 7 nitrogen and oxygen atoms in total. The molecule has 1 aromatic rings. The van der Waals surface area contributed by atoms with Crippen LogP contribution in [0.5, 0.6) is 0 Å². The highest BCUT2D eigenvalue weighted by molar-refractivity contribution is 5.84. The summed E-state index contributed by atoms with van der Waals surface area (Å²) in [4.78, 5) is 28.5. The predicted octanol–water partition coefficient (Wildman–Crippen LogP) is 2.15. The lowest BCUT2D eigenvalue weighted by Gasteiger charge is -2.34. The highest BCUT2D eigenvalue weighted by Crippen LogP contribution is 2.23.